The zero-order valence-electron chi connectivity index (χ0n) is 13.6. The Balaban J connectivity index is 2.31. The Morgan fingerprint density at radius 1 is 1.29 bits per heavy atom. The third kappa shape index (κ3) is 3.38. The number of carbonyl (C=O) groups is 1. The molecule has 4 nitrogen and oxygen atoms in total. The van der Waals surface area contributed by atoms with Crippen molar-refractivity contribution in [2.24, 2.45) is 0 Å². The zero-order chi connectivity index (χ0) is 15.6. The Labute approximate surface area is 127 Å². The van der Waals surface area contributed by atoms with E-state index in [0.29, 0.717) is 5.69 Å². The van der Waals surface area contributed by atoms with Gasteiger partial charge in [-0.3, -0.25) is 4.79 Å². The van der Waals surface area contributed by atoms with Gasteiger partial charge in [0.15, 0.2) is 0 Å². The lowest BCUT2D eigenvalue weighted by Crippen LogP contribution is -2.43. The molecule has 0 aliphatic carbocycles. The third-order valence-corrected chi connectivity index (χ3v) is 4.48. The summed E-state index contributed by atoms with van der Waals surface area (Å²) in [4.78, 5) is 17.3. The second kappa shape index (κ2) is 6.48. The largest absolute Gasteiger partial charge is 0.398 e. The smallest absolute Gasteiger partial charge is 0.254 e. The summed E-state index contributed by atoms with van der Waals surface area (Å²) < 4.78 is 0. The highest BCUT2D eigenvalue weighted by atomic mass is 16.2. The van der Waals surface area contributed by atoms with E-state index < -0.39 is 0 Å². The molecule has 2 rings (SSSR count). The molecule has 0 radical (unpaired) electrons. The summed E-state index contributed by atoms with van der Waals surface area (Å²) in [5.41, 5.74) is 9.49. The number of nitrogens with two attached hydrogens (primary N) is 1. The third-order valence-electron chi connectivity index (χ3n) is 4.48. The molecule has 1 aromatic rings. The van der Waals surface area contributed by atoms with Crippen LogP contribution >= 0.6 is 0 Å². The molecule has 1 aromatic carbocycles. The van der Waals surface area contributed by atoms with Crippen molar-refractivity contribution in [3.05, 3.63) is 28.8 Å². The van der Waals surface area contributed by atoms with E-state index in [1.165, 1.54) is 0 Å². The van der Waals surface area contributed by atoms with Crippen LogP contribution in [0.2, 0.25) is 0 Å². The summed E-state index contributed by atoms with van der Waals surface area (Å²) in [6.45, 7) is 8.95. The second-order valence-electron chi connectivity index (χ2n) is 6.20. The molecule has 1 saturated heterocycles. The number of anilines is 1. The van der Waals surface area contributed by atoms with Gasteiger partial charge in [0.2, 0.25) is 0 Å². The first-order valence-corrected chi connectivity index (χ1v) is 7.80. The molecule has 1 unspecified atom stereocenters. The van der Waals surface area contributed by atoms with E-state index in [9.17, 15) is 4.79 Å². The van der Waals surface area contributed by atoms with Gasteiger partial charge >= 0.3 is 0 Å². The number of amides is 1. The van der Waals surface area contributed by atoms with Gasteiger partial charge in [-0.05, 0) is 57.5 Å². The number of hydrogen-bond acceptors (Lipinski definition) is 3. The topological polar surface area (TPSA) is 49.6 Å². The van der Waals surface area contributed by atoms with Crippen LogP contribution in [0.3, 0.4) is 0 Å². The van der Waals surface area contributed by atoms with Crippen molar-refractivity contribution in [2.75, 3.05) is 32.4 Å². The quantitative estimate of drug-likeness (QED) is 0.851. The van der Waals surface area contributed by atoms with Crippen LogP contribution in [0.5, 0.6) is 0 Å². The number of aryl methyl sites for hydroxylation is 2. The lowest BCUT2D eigenvalue weighted by molar-refractivity contribution is 0.0675. The van der Waals surface area contributed by atoms with Crippen molar-refractivity contribution in [3.63, 3.8) is 0 Å². The van der Waals surface area contributed by atoms with E-state index in [1.807, 2.05) is 30.9 Å². The van der Waals surface area contributed by atoms with Gasteiger partial charge in [-0.2, -0.15) is 0 Å². The van der Waals surface area contributed by atoms with Gasteiger partial charge in [-0.15, -0.1) is 0 Å². The molecule has 0 bridgehead atoms. The number of likely N-dealkylation sites (N-methyl/N-ethyl adjacent to an activating group) is 1. The summed E-state index contributed by atoms with van der Waals surface area (Å²) >= 11 is 0. The molecule has 4 heteroatoms. The fourth-order valence-electron chi connectivity index (χ4n) is 3.11. The number of rotatable bonds is 2. The van der Waals surface area contributed by atoms with Gasteiger partial charge in [0.25, 0.3) is 5.91 Å². The molecule has 21 heavy (non-hydrogen) atoms. The summed E-state index contributed by atoms with van der Waals surface area (Å²) in [5, 5.41) is 0. The maximum Gasteiger partial charge on any atom is 0.254 e. The maximum atomic E-state index is 13.0. The van der Waals surface area contributed by atoms with Crippen molar-refractivity contribution >= 4 is 11.6 Å². The summed E-state index contributed by atoms with van der Waals surface area (Å²) in [5.74, 6) is 0.126. The van der Waals surface area contributed by atoms with Crippen molar-refractivity contribution in [1.29, 1.82) is 0 Å². The molecule has 2 N–H and O–H groups in total. The molecule has 116 valence electrons. The van der Waals surface area contributed by atoms with Crippen LogP contribution < -0.4 is 5.73 Å². The predicted molar refractivity (Wildman–Crippen MR) is 87.6 cm³/mol. The Kier molecular flexibility index (Phi) is 4.88. The van der Waals surface area contributed by atoms with Crippen LogP contribution in [-0.2, 0) is 0 Å². The first kappa shape index (κ1) is 15.8. The van der Waals surface area contributed by atoms with E-state index in [2.05, 4.69) is 18.9 Å². The van der Waals surface area contributed by atoms with Crippen LogP contribution in [0.25, 0.3) is 0 Å². The molecule has 0 spiro atoms. The fourth-order valence-corrected chi connectivity index (χ4v) is 3.11. The first-order valence-electron chi connectivity index (χ1n) is 7.80. The van der Waals surface area contributed by atoms with Crippen molar-refractivity contribution in [1.82, 2.24) is 9.80 Å². The van der Waals surface area contributed by atoms with Crippen LogP contribution in [-0.4, -0.2) is 48.4 Å². The minimum absolute atomic E-state index is 0.126. The Bertz CT molecular complexity index is 527. The summed E-state index contributed by atoms with van der Waals surface area (Å²) in [7, 11) is 2.13. The van der Waals surface area contributed by atoms with Gasteiger partial charge in [-0.1, -0.05) is 13.0 Å². The summed E-state index contributed by atoms with van der Waals surface area (Å²) in [6.07, 6.45) is 2.01. The highest BCUT2D eigenvalue weighted by molar-refractivity contribution is 5.97. The number of carbonyl (C=O) groups excluding carboxylic acids is 1. The highest BCUT2D eigenvalue weighted by Crippen LogP contribution is 2.22. The minimum atomic E-state index is 0.126. The van der Waals surface area contributed by atoms with Gasteiger partial charge in [-0.25, -0.2) is 0 Å². The zero-order valence-corrected chi connectivity index (χ0v) is 13.6. The lowest BCUT2D eigenvalue weighted by atomic mass is 10.0. The Morgan fingerprint density at radius 3 is 2.67 bits per heavy atom. The molecular formula is C17H27N3O. The van der Waals surface area contributed by atoms with E-state index in [-0.39, 0.29) is 11.9 Å². The van der Waals surface area contributed by atoms with Crippen LogP contribution in [0.1, 0.15) is 41.3 Å². The van der Waals surface area contributed by atoms with Gasteiger partial charge in [0, 0.05) is 30.4 Å². The second-order valence-corrected chi connectivity index (χ2v) is 6.20. The normalized spacial score (nSPS) is 20.4. The molecule has 0 saturated carbocycles. The van der Waals surface area contributed by atoms with Gasteiger partial charge in [0.05, 0.1) is 0 Å². The van der Waals surface area contributed by atoms with Gasteiger partial charge < -0.3 is 15.5 Å². The van der Waals surface area contributed by atoms with Gasteiger partial charge in [0.1, 0.15) is 0 Å². The van der Waals surface area contributed by atoms with E-state index in [4.69, 9.17) is 5.73 Å². The minimum Gasteiger partial charge on any atom is -0.398 e. The van der Waals surface area contributed by atoms with E-state index in [1.54, 1.807) is 0 Å². The lowest BCUT2D eigenvalue weighted by Gasteiger charge is -2.31. The van der Waals surface area contributed by atoms with Crippen molar-refractivity contribution < 1.29 is 4.79 Å². The van der Waals surface area contributed by atoms with Crippen LogP contribution in [0, 0.1) is 13.8 Å². The molecular weight excluding hydrogens is 262 g/mol. The first-order chi connectivity index (χ1) is 9.93. The molecule has 1 aliphatic heterocycles. The number of nitrogen functional groups attached to an aromatic ring is 1. The van der Waals surface area contributed by atoms with E-state index >= 15 is 0 Å². The molecule has 1 fully saturated rings. The molecule has 1 atom stereocenters. The molecule has 1 amide bonds. The number of hydrogen-bond donors (Lipinski definition) is 1. The van der Waals surface area contributed by atoms with Crippen LogP contribution in [0.4, 0.5) is 5.69 Å². The fraction of sp³-hybridized carbons (Fsp3) is 0.588. The summed E-state index contributed by atoms with van der Waals surface area (Å²) in [6, 6.07) is 4.13. The average Bonchev–Trinajstić information content (AvgIpc) is 2.63. The van der Waals surface area contributed by atoms with Crippen molar-refractivity contribution in [2.45, 2.75) is 39.7 Å². The Hall–Kier alpha value is -1.55. The molecule has 1 heterocycles. The SMILES string of the molecule is CCC1CN(C)CCCN1C(=O)c1cc(N)c(C)cc1C. The molecule has 1 aliphatic rings. The van der Waals surface area contributed by atoms with E-state index in [0.717, 1.165) is 49.2 Å². The molecule has 0 aromatic heterocycles. The maximum absolute atomic E-state index is 13.0. The standard InChI is InChI=1S/C17H27N3O/c1-5-14-11-19(4)7-6-8-20(14)17(21)15-10-16(18)13(3)9-12(15)2/h9-10,14H,5-8,11,18H2,1-4H3. The Morgan fingerprint density at radius 2 is 2.00 bits per heavy atom. The number of nitrogens with zero attached hydrogens (tertiary/aromatic N) is 2. The highest BCUT2D eigenvalue weighted by Gasteiger charge is 2.27. The predicted octanol–water partition coefficient (Wildman–Crippen LogP) is 2.44. The van der Waals surface area contributed by atoms with Crippen molar-refractivity contribution in [3.8, 4) is 0 Å². The monoisotopic (exact) mass is 289 g/mol. The van der Waals surface area contributed by atoms with Crippen LogP contribution in [0.15, 0.2) is 12.1 Å². The average molecular weight is 289 g/mol. The number of benzene rings is 1.